The Labute approximate surface area is 230 Å². The third-order valence-electron chi connectivity index (χ3n) is 6.51. The number of thiazole rings is 1. The van der Waals surface area contributed by atoms with E-state index >= 15 is 0 Å². The van der Waals surface area contributed by atoms with E-state index in [9.17, 15) is 20.0 Å². The van der Waals surface area contributed by atoms with Crippen molar-refractivity contribution >= 4 is 29.1 Å². The minimum atomic E-state index is -0.807. The van der Waals surface area contributed by atoms with Crippen LogP contribution in [0.1, 0.15) is 31.2 Å². The van der Waals surface area contributed by atoms with Gasteiger partial charge in [0.25, 0.3) is 5.56 Å². The molecule has 0 saturated carbocycles. The Morgan fingerprint density at radius 3 is 2.83 bits per heavy atom. The monoisotopic (exact) mass is 560 g/mol. The molecule has 4 heterocycles. The maximum atomic E-state index is 13.8. The van der Waals surface area contributed by atoms with Gasteiger partial charge in [-0.15, -0.1) is 0 Å². The van der Waals surface area contributed by atoms with Crippen molar-refractivity contribution < 1.29 is 28.6 Å². The lowest BCUT2D eigenvalue weighted by atomic mass is 9.95. The zero-order chi connectivity index (χ0) is 28.0. The van der Waals surface area contributed by atoms with Crippen LogP contribution < -0.4 is 29.6 Å². The molecule has 11 nitrogen and oxygen atoms in total. The van der Waals surface area contributed by atoms with Crippen LogP contribution >= 0.6 is 11.3 Å². The molecule has 0 radical (unpaired) electrons. The van der Waals surface area contributed by atoms with E-state index in [4.69, 9.17) is 18.6 Å². The second-order valence-electron chi connectivity index (χ2n) is 8.91. The van der Waals surface area contributed by atoms with E-state index in [0.717, 1.165) is 11.3 Å². The number of anilines is 1. The number of esters is 1. The number of hydrogen-bond donors (Lipinski definition) is 1. The summed E-state index contributed by atoms with van der Waals surface area (Å²) < 4.78 is 24.0. The highest BCUT2D eigenvalue weighted by molar-refractivity contribution is 7.07. The van der Waals surface area contributed by atoms with Crippen LogP contribution in [-0.4, -0.2) is 29.1 Å². The molecule has 12 heteroatoms. The molecule has 0 fully saturated rings. The smallest absolute Gasteiger partial charge is 0.338 e. The summed E-state index contributed by atoms with van der Waals surface area (Å²) in [4.78, 5) is 31.9. The lowest BCUT2D eigenvalue weighted by Gasteiger charge is -2.24. The minimum Gasteiger partial charge on any atom is -0.733 e. The van der Waals surface area contributed by atoms with Gasteiger partial charge in [0.15, 0.2) is 16.3 Å². The molecule has 0 spiro atoms. The number of carbonyl (C=O) groups is 1. The van der Waals surface area contributed by atoms with Crippen molar-refractivity contribution in [3.63, 3.8) is 0 Å². The van der Waals surface area contributed by atoms with Gasteiger partial charge in [-0.3, -0.25) is 14.6 Å². The summed E-state index contributed by atoms with van der Waals surface area (Å²) in [6.45, 7) is 3.67. The molecule has 1 unspecified atom stereocenters. The van der Waals surface area contributed by atoms with Crippen LogP contribution in [0.25, 0.3) is 17.4 Å². The van der Waals surface area contributed by atoms with Gasteiger partial charge in [-0.2, -0.15) is 0 Å². The van der Waals surface area contributed by atoms with Crippen LogP contribution in [0, 0.1) is 5.21 Å². The topological polar surface area (TPSA) is 139 Å². The van der Waals surface area contributed by atoms with Gasteiger partial charge in [0.2, 0.25) is 6.79 Å². The van der Waals surface area contributed by atoms with Gasteiger partial charge in [0.1, 0.15) is 11.5 Å². The summed E-state index contributed by atoms with van der Waals surface area (Å²) in [7, 11) is 0. The molecular weight excluding hydrogens is 538 g/mol. The molecule has 0 aliphatic carbocycles. The summed E-state index contributed by atoms with van der Waals surface area (Å²) in [6, 6.07) is 14.2. The maximum absolute atomic E-state index is 13.8. The molecule has 0 saturated heterocycles. The van der Waals surface area contributed by atoms with E-state index in [0.29, 0.717) is 49.2 Å². The number of ether oxygens (including phenoxy) is 3. The van der Waals surface area contributed by atoms with Crippen LogP contribution in [-0.2, 0) is 9.53 Å². The summed E-state index contributed by atoms with van der Waals surface area (Å²) in [5, 5.41) is 20.8. The molecule has 1 atom stereocenters. The maximum Gasteiger partial charge on any atom is 0.338 e. The minimum absolute atomic E-state index is 0.0217. The first-order chi connectivity index (χ1) is 19.4. The molecular formula is C28H22N3O8S-. The van der Waals surface area contributed by atoms with Crippen molar-refractivity contribution in [1.82, 2.24) is 4.57 Å². The van der Waals surface area contributed by atoms with Gasteiger partial charge >= 0.3 is 5.97 Å². The quantitative estimate of drug-likeness (QED) is 0.277. The van der Waals surface area contributed by atoms with Crippen LogP contribution in [0.3, 0.4) is 0 Å². The van der Waals surface area contributed by atoms with Gasteiger partial charge in [-0.25, -0.2) is 9.79 Å². The molecule has 204 valence electrons. The van der Waals surface area contributed by atoms with E-state index in [2.05, 4.69) is 4.99 Å². The Balaban J connectivity index is 1.47. The fraction of sp³-hybridized carbons (Fsp3) is 0.179. The number of nitrogens with zero attached hydrogens (tertiary/aromatic N) is 3. The molecule has 0 amide bonds. The van der Waals surface area contributed by atoms with Crippen LogP contribution in [0.5, 0.6) is 11.5 Å². The first-order valence-corrected chi connectivity index (χ1v) is 13.1. The lowest BCUT2D eigenvalue weighted by Crippen LogP contribution is -2.39. The fourth-order valence-corrected chi connectivity index (χ4v) is 5.77. The largest absolute Gasteiger partial charge is 0.733 e. The number of hydrogen-bond acceptors (Lipinski definition) is 11. The molecule has 2 aliphatic rings. The number of carbonyl (C=O) groups excluding carboxylic acids is 1. The molecule has 40 heavy (non-hydrogen) atoms. The van der Waals surface area contributed by atoms with Crippen molar-refractivity contribution in [2.24, 2.45) is 4.99 Å². The second kappa shape index (κ2) is 10.2. The van der Waals surface area contributed by atoms with Crippen molar-refractivity contribution in [3.8, 4) is 22.8 Å². The van der Waals surface area contributed by atoms with Crippen molar-refractivity contribution in [1.29, 1.82) is 0 Å². The van der Waals surface area contributed by atoms with E-state index < -0.39 is 12.0 Å². The van der Waals surface area contributed by atoms with Gasteiger partial charge in [0.05, 0.1) is 34.1 Å². The first kappa shape index (κ1) is 25.6. The number of allylic oxidation sites excluding steroid dienone is 1. The van der Waals surface area contributed by atoms with E-state index in [1.165, 1.54) is 10.6 Å². The average molecular weight is 561 g/mol. The number of rotatable bonds is 6. The number of para-hydroxylation sites is 1. The predicted octanol–water partition coefficient (Wildman–Crippen LogP) is 3.48. The van der Waals surface area contributed by atoms with Crippen LogP contribution in [0.15, 0.2) is 80.1 Å². The zero-order valence-electron chi connectivity index (χ0n) is 21.3. The Morgan fingerprint density at radius 1 is 1.23 bits per heavy atom. The zero-order valence-corrected chi connectivity index (χ0v) is 22.1. The molecule has 4 aromatic rings. The molecule has 2 aliphatic heterocycles. The highest BCUT2D eigenvalue weighted by Crippen LogP contribution is 2.38. The highest BCUT2D eigenvalue weighted by atomic mass is 32.1. The number of furan rings is 1. The Kier molecular flexibility index (Phi) is 6.50. The average Bonchev–Trinajstić information content (AvgIpc) is 3.67. The van der Waals surface area contributed by atoms with Crippen LogP contribution in [0.2, 0.25) is 0 Å². The second-order valence-corrected chi connectivity index (χ2v) is 9.92. The fourth-order valence-electron chi connectivity index (χ4n) is 4.74. The standard InChI is InChI=1S/C28H22N3O8S/c1-3-36-27(33)24-15(2)29-28-30(25(24)16-8-10-21-22(12-16)38-14-37-21)26(32)23(40-28)13-17-9-11-20(39-17)18-6-4-5-7-19(18)31(34)35/h4-13,25,34H,3,14H2,1-2H3/q-1/b23-13-. The molecule has 2 aromatic heterocycles. The normalized spacial score (nSPS) is 16.1. The third kappa shape index (κ3) is 4.37. The summed E-state index contributed by atoms with van der Waals surface area (Å²) in [5.41, 5.74) is 1.37. The van der Waals surface area contributed by atoms with Gasteiger partial charge in [-0.05, 0) is 55.8 Å². The summed E-state index contributed by atoms with van der Waals surface area (Å²) in [5.74, 6) is 1.22. The van der Waals surface area contributed by atoms with Crippen molar-refractivity contribution in [3.05, 3.63) is 102 Å². The summed E-state index contributed by atoms with van der Waals surface area (Å²) >= 11 is 1.15. The van der Waals surface area contributed by atoms with E-state index in [1.54, 1.807) is 68.5 Å². The summed E-state index contributed by atoms with van der Waals surface area (Å²) in [6.07, 6.45) is 1.57. The van der Waals surface area contributed by atoms with Crippen LogP contribution in [0.4, 0.5) is 5.69 Å². The molecule has 0 bridgehead atoms. The number of benzene rings is 2. The Bertz CT molecular complexity index is 1850. The van der Waals surface area contributed by atoms with Crippen molar-refractivity contribution in [2.75, 3.05) is 18.6 Å². The lowest BCUT2D eigenvalue weighted by molar-refractivity contribution is -0.139. The molecule has 2 aromatic carbocycles. The van der Waals surface area contributed by atoms with Gasteiger partial charge in [0, 0.05) is 11.6 Å². The Hall–Kier alpha value is -4.65. The molecule has 6 rings (SSSR count). The van der Waals surface area contributed by atoms with E-state index in [1.807, 2.05) is 0 Å². The first-order valence-electron chi connectivity index (χ1n) is 12.3. The third-order valence-corrected chi connectivity index (χ3v) is 7.49. The molecule has 1 N–H and O–H groups in total. The van der Waals surface area contributed by atoms with Gasteiger partial charge in [-0.1, -0.05) is 29.5 Å². The number of fused-ring (bicyclic) bond motifs is 2. The SMILES string of the molecule is CCOC(=O)C1=C(C)N=c2s/c(=C\c3ccc(-c4ccccc4N([O-])O)o3)c(=O)n2C1c1ccc2c(c1)OCO2. The van der Waals surface area contributed by atoms with Crippen molar-refractivity contribution in [2.45, 2.75) is 19.9 Å². The van der Waals surface area contributed by atoms with E-state index in [-0.39, 0.29) is 35.4 Å². The highest BCUT2D eigenvalue weighted by Gasteiger charge is 2.34. The predicted molar refractivity (Wildman–Crippen MR) is 145 cm³/mol. The van der Waals surface area contributed by atoms with Gasteiger partial charge < -0.3 is 29.1 Å². The Morgan fingerprint density at radius 2 is 2.02 bits per heavy atom. The number of aromatic nitrogens is 1.